The lowest BCUT2D eigenvalue weighted by Gasteiger charge is -2.26. The molecule has 0 aliphatic heterocycles. The smallest absolute Gasteiger partial charge is 0.135 e. The predicted molar refractivity (Wildman–Crippen MR) is 253 cm³/mol. The number of anilines is 3. The fraction of sp³-hybridized carbons (Fsp3) is 0. The van der Waals surface area contributed by atoms with E-state index in [-0.39, 0.29) is 0 Å². The standard InChI is InChI=1S/C58H39NO/c1-2-10-40(11-3-1)47-14-8-15-48(36-47)45-28-33-53(34-29-45)59(54-17-9-16-49(38-54)51-30-35-58-56(39-51)55-18-6-7-19-57(55)60-58)52-31-26-43(27-32-52)42-20-22-44(23-21-42)50-25-24-41-12-4-5-13-46(41)37-50/h1-39H. The minimum Gasteiger partial charge on any atom is -0.456 e. The molecular formula is C58H39NO. The molecule has 2 nitrogen and oxygen atoms in total. The topological polar surface area (TPSA) is 16.4 Å². The molecule has 1 heterocycles. The average Bonchev–Trinajstić information content (AvgIpc) is 3.71. The molecule has 60 heavy (non-hydrogen) atoms. The van der Waals surface area contributed by atoms with Crippen LogP contribution < -0.4 is 4.90 Å². The molecule has 11 aromatic rings. The summed E-state index contributed by atoms with van der Waals surface area (Å²) in [6.07, 6.45) is 0. The van der Waals surface area contributed by atoms with Crippen molar-refractivity contribution in [1.29, 1.82) is 0 Å². The van der Waals surface area contributed by atoms with Gasteiger partial charge in [-0.05, 0) is 133 Å². The third-order valence-corrected chi connectivity index (χ3v) is 11.7. The summed E-state index contributed by atoms with van der Waals surface area (Å²) < 4.78 is 6.16. The molecule has 1 aromatic heterocycles. The summed E-state index contributed by atoms with van der Waals surface area (Å²) in [4.78, 5) is 2.35. The van der Waals surface area contributed by atoms with Crippen LogP contribution in [0.3, 0.4) is 0 Å². The monoisotopic (exact) mass is 765 g/mol. The predicted octanol–water partition coefficient (Wildman–Crippen LogP) is 16.5. The molecular weight excluding hydrogens is 727 g/mol. The van der Waals surface area contributed by atoms with Gasteiger partial charge < -0.3 is 9.32 Å². The Bertz CT molecular complexity index is 3290. The quantitative estimate of drug-likeness (QED) is 0.153. The number of para-hydroxylation sites is 1. The second kappa shape index (κ2) is 15.1. The molecule has 0 saturated carbocycles. The second-order valence-corrected chi connectivity index (χ2v) is 15.4. The van der Waals surface area contributed by atoms with E-state index >= 15 is 0 Å². The van der Waals surface area contributed by atoms with E-state index in [1.807, 2.05) is 12.1 Å². The van der Waals surface area contributed by atoms with Gasteiger partial charge in [-0.1, -0.05) is 170 Å². The molecule has 0 bridgehead atoms. The zero-order chi connectivity index (χ0) is 39.8. The Morgan fingerprint density at radius 1 is 0.233 bits per heavy atom. The Morgan fingerprint density at radius 3 is 1.38 bits per heavy atom. The van der Waals surface area contributed by atoms with Crippen LogP contribution in [0.1, 0.15) is 0 Å². The highest BCUT2D eigenvalue weighted by molar-refractivity contribution is 6.06. The van der Waals surface area contributed by atoms with Crippen LogP contribution in [0.15, 0.2) is 241 Å². The summed E-state index contributed by atoms with van der Waals surface area (Å²) in [6.45, 7) is 0. The summed E-state index contributed by atoms with van der Waals surface area (Å²) in [5, 5.41) is 4.76. The van der Waals surface area contributed by atoms with Gasteiger partial charge in [0, 0.05) is 27.8 Å². The van der Waals surface area contributed by atoms with Gasteiger partial charge in [0.25, 0.3) is 0 Å². The van der Waals surface area contributed by atoms with Crippen molar-refractivity contribution < 1.29 is 4.42 Å². The summed E-state index contributed by atoms with van der Waals surface area (Å²) >= 11 is 0. The Morgan fingerprint density at radius 2 is 0.683 bits per heavy atom. The summed E-state index contributed by atoms with van der Waals surface area (Å²) in [6, 6.07) is 85.0. The van der Waals surface area contributed by atoms with Crippen LogP contribution in [0.5, 0.6) is 0 Å². The molecule has 2 heteroatoms. The molecule has 0 radical (unpaired) electrons. The number of hydrogen-bond acceptors (Lipinski definition) is 2. The normalized spacial score (nSPS) is 11.3. The van der Waals surface area contributed by atoms with Gasteiger partial charge in [-0.25, -0.2) is 0 Å². The maximum absolute atomic E-state index is 6.16. The first kappa shape index (κ1) is 35.2. The Balaban J connectivity index is 0.948. The first-order chi connectivity index (χ1) is 29.7. The lowest BCUT2D eigenvalue weighted by Crippen LogP contribution is -2.10. The van der Waals surface area contributed by atoms with Gasteiger partial charge in [0.15, 0.2) is 0 Å². The lowest BCUT2D eigenvalue weighted by atomic mass is 9.98. The molecule has 11 rings (SSSR count). The van der Waals surface area contributed by atoms with Crippen LogP contribution in [-0.4, -0.2) is 0 Å². The lowest BCUT2D eigenvalue weighted by molar-refractivity contribution is 0.669. The van der Waals surface area contributed by atoms with Gasteiger partial charge in [-0.2, -0.15) is 0 Å². The van der Waals surface area contributed by atoms with Crippen molar-refractivity contribution in [2.24, 2.45) is 0 Å². The van der Waals surface area contributed by atoms with E-state index in [9.17, 15) is 0 Å². The van der Waals surface area contributed by atoms with Crippen LogP contribution in [0.2, 0.25) is 0 Å². The average molecular weight is 766 g/mol. The first-order valence-electron chi connectivity index (χ1n) is 20.5. The van der Waals surface area contributed by atoms with Crippen molar-refractivity contribution in [2.45, 2.75) is 0 Å². The minimum absolute atomic E-state index is 0.899. The highest BCUT2D eigenvalue weighted by Crippen LogP contribution is 2.40. The molecule has 282 valence electrons. The molecule has 0 aliphatic rings. The van der Waals surface area contributed by atoms with Gasteiger partial charge in [0.2, 0.25) is 0 Å². The molecule has 0 saturated heterocycles. The highest BCUT2D eigenvalue weighted by Gasteiger charge is 2.16. The fourth-order valence-corrected chi connectivity index (χ4v) is 8.52. The van der Waals surface area contributed by atoms with Crippen molar-refractivity contribution in [3.8, 4) is 55.6 Å². The number of nitrogens with zero attached hydrogens (tertiary/aromatic N) is 1. The van der Waals surface area contributed by atoms with E-state index in [1.54, 1.807) is 0 Å². The Kier molecular flexibility index (Phi) is 8.87. The molecule has 0 unspecified atom stereocenters. The number of fused-ring (bicyclic) bond motifs is 4. The molecule has 0 amide bonds. The Labute approximate surface area is 349 Å². The van der Waals surface area contributed by atoms with Crippen LogP contribution in [0.4, 0.5) is 17.1 Å². The number of benzene rings is 10. The minimum atomic E-state index is 0.899. The van der Waals surface area contributed by atoms with Gasteiger partial charge in [0.05, 0.1) is 0 Å². The van der Waals surface area contributed by atoms with Gasteiger partial charge in [0.1, 0.15) is 11.2 Å². The largest absolute Gasteiger partial charge is 0.456 e. The van der Waals surface area contributed by atoms with E-state index < -0.39 is 0 Å². The third-order valence-electron chi connectivity index (χ3n) is 11.7. The summed E-state index contributed by atoms with van der Waals surface area (Å²) in [7, 11) is 0. The zero-order valence-corrected chi connectivity index (χ0v) is 32.9. The van der Waals surface area contributed by atoms with Crippen molar-refractivity contribution in [3.63, 3.8) is 0 Å². The number of hydrogen-bond donors (Lipinski definition) is 0. The van der Waals surface area contributed by atoms with E-state index in [0.29, 0.717) is 0 Å². The molecule has 0 spiro atoms. The summed E-state index contributed by atoms with van der Waals surface area (Å²) in [5.41, 5.74) is 16.9. The van der Waals surface area contributed by atoms with Crippen molar-refractivity contribution in [2.75, 3.05) is 4.90 Å². The number of rotatable bonds is 8. The summed E-state index contributed by atoms with van der Waals surface area (Å²) in [5.74, 6) is 0. The van der Waals surface area contributed by atoms with Crippen molar-refractivity contribution >= 4 is 49.8 Å². The second-order valence-electron chi connectivity index (χ2n) is 15.4. The SMILES string of the molecule is c1ccc(-c2cccc(-c3ccc(N(c4ccc(-c5ccc(-c6ccc7ccccc7c6)cc5)cc4)c4cccc(-c5ccc6oc7ccccc7c6c5)c4)cc3)c2)cc1. The maximum Gasteiger partial charge on any atom is 0.135 e. The zero-order valence-electron chi connectivity index (χ0n) is 32.9. The van der Waals surface area contributed by atoms with Crippen molar-refractivity contribution in [3.05, 3.63) is 237 Å². The number of furan rings is 1. The molecule has 0 atom stereocenters. The molecule has 0 N–H and O–H groups in total. The van der Waals surface area contributed by atoms with Crippen LogP contribution in [0, 0.1) is 0 Å². The van der Waals surface area contributed by atoms with E-state index in [2.05, 4.69) is 229 Å². The van der Waals surface area contributed by atoms with Crippen molar-refractivity contribution in [1.82, 2.24) is 0 Å². The van der Waals surface area contributed by atoms with E-state index in [1.165, 1.54) is 55.3 Å². The van der Waals surface area contributed by atoms with Gasteiger partial charge >= 0.3 is 0 Å². The van der Waals surface area contributed by atoms with E-state index in [0.717, 1.165) is 50.1 Å². The van der Waals surface area contributed by atoms with Gasteiger partial charge in [-0.3, -0.25) is 0 Å². The van der Waals surface area contributed by atoms with E-state index in [4.69, 9.17) is 4.42 Å². The van der Waals surface area contributed by atoms with Crippen LogP contribution >= 0.6 is 0 Å². The van der Waals surface area contributed by atoms with Crippen LogP contribution in [0.25, 0.3) is 88.3 Å². The van der Waals surface area contributed by atoms with Gasteiger partial charge in [-0.15, -0.1) is 0 Å². The van der Waals surface area contributed by atoms with Crippen LogP contribution in [-0.2, 0) is 0 Å². The molecule has 0 fully saturated rings. The maximum atomic E-state index is 6.16. The Hall–Kier alpha value is -7.94. The molecule has 10 aromatic carbocycles. The first-order valence-corrected chi connectivity index (χ1v) is 20.5. The molecule has 0 aliphatic carbocycles. The highest BCUT2D eigenvalue weighted by atomic mass is 16.3. The third kappa shape index (κ3) is 6.70. The fourth-order valence-electron chi connectivity index (χ4n) is 8.52.